The average Bonchev–Trinajstić information content (AvgIpc) is 2.80. The normalized spacial score (nSPS) is 22.9. The lowest BCUT2D eigenvalue weighted by Crippen LogP contribution is -2.33. The van der Waals surface area contributed by atoms with E-state index in [1.165, 1.54) is 24.0 Å². The van der Waals surface area contributed by atoms with Gasteiger partial charge in [-0.25, -0.2) is 0 Å². The first-order chi connectivity index (χ1) is 10.7. The zero-order valence-electron chi connectivity index (χ0n) is 13.2. The molecule has 1 unspecified atom stereocenters. The molecule has 2 aromatic rings. The summed E-state index contributed by atoms with van der Waals surface area (Å²) < 4.78 is 2.28. The highest BCUT2D eigenvalue weighted by Gasteiger charge is 2.34. The SMILES string of the molecule is CN1CCC(C2c3ccccc3CCn3ccc(O)c32)CC1. The molecule has 3 heterocycles. The largest absolute Gasteiger partial charge is 0.506 e. The molecule has 1 fully saturated rings. The van der Waals surface area contributed by atoms with Crippen molar-refractivity contribution in [2.24, 2.45) is 5.92 Å². The third kappa shape index (κ3) is 2.24. The second kappa shape index (κ2) is 5.47. The van der Waals surface area contributed by atoms with E-state index < -0.39 is 0 Å². The Kier molecular flexibility index (Phi) is 3.45. The Morgan fingerprint density at radius 1 is 1.05 bits per heavy atom. The predicted molar refractivity (Wildman–Crippen MR) is 88.3 cm³/mol. The molecule has 1 N–H and O–H groups in total. The fraction of sp³-hybridized carbons (Fsp3) is 0.474. The van der Waals surface area contributed by atoms with Gasteiger partial charge in [0.2, 0.25) is 0 Å². The molecule has 2 aliphatic rings. The van der Waals surface area contributed by atoms with E-state index in [4.69, 9.17) is 0 Å². The zero-order chi connectivity index (χ0) is 15.1. The summed E-state index contributed by atoms with van der Waals surface area (Å²) in [5.74, 6) is 1.43. The van der Waals surface area contributed by atoms with Crippen LogP contribution < -0.4 is 0 Å². The van der Waals surface area contributed by atoms with Crippen molar-refractivity contribution in [1.29, 1.82) is 0 Å². The highest BCUT2D eigenvalue weighted by molar-refractivity contribution is 5.44. The molecule has 3 nitrogen and oxygen atoms in total. The van der Waals surface area contributed by atoms with E-state index in [1.54, 1.807) is 0 Å². The number of hydrogen-bond donors (Lipinski definition) is 1. The van der Waals surface area contributed by atoms with Crippen LogP contribution in [0.3, 0.4) is 0 Å². The Morgan fingerprint density at radius 2 is 1.82 bits per heavy atom. The van der Waals surface area contributed by atoms with Crippen LogP contribution in [-0.4, -0.2) is 34.7 Å². The van der Waals surface area contributed by atoms with E-state index in [2.05, 4.69) is 47.0 Å². The van der Waals surface area contributed by atoms with Crippen molar-refractivity contribution < 1.29 is 5.11 Å². The van der Waals surface area contributed by atoms with Crippen LogP contribution in [0, 0.1) is 5.92 Å². The second-order valence-corrected chi connectivity index (χ2v) is 6.85. The lowest BCUT2D eigenvalue weighted by molar-refractivity contribution is 0.204. The van der Waals surface area contributed by atoms with Crippen LogP contribution in [0.4, 0.5) is 0 Å². The van der Waals surface area contributed by atoms with E-state index in [0.717, 1.165) is 31.7 Å². The molecule has 2 aliphatic heterocycles. The molecule has 4 rings (SSSR count). The Balaban J connectivity index is 1.82. The number of piperidine rings is 1. The molecule has 0 radical (unpaired) electrons. The van der Waals surface area contributed by atoms with Gasteiger partial charge in [-0.1, -0.05) is 24.3 Å². The van der Waals surface area contributed by atoms with Gasteiger partial charge in [0.15, 0.2) is 0 Å². The summed E-state index contributed by atoms with van der Waals surface area (Å²) in [6.07, 6.45) is 5.53. The number of aryl methyl sites for hydroxylation is 2. The van der Waals surface area contributed by atoms with E-state index in [0.29, 0.717) is 17.6 Å². The number of aromatic hydroxyl groups is 1. The van der Waals surface area contributed by atoms with E-state index in [9.17, 15) is 5.11 Å². The fourth-order valence-corrected chi connectivity index (χ4v) is 4.30. The number of rotatable bonds is 1. The van der Waals surface area contributed by atoms with Gasteiger partial charge in [-0.15, -0.1) is 0 Å². The van der Waals surface area contributed by atoms with Crippen molar-refractivity contribution in [3.63, 3.8) is 0 Å². The van der Waals surface area contributed by atoms with Crippen LogP contribution in [0.15, 0.2) is 36.5 Å². The first-order valence-corrected chi connectivity index (χ1v) is 8.38. The van der Waals surface area contributed by atoms with Crippen LogP contribution >= 0.6 is 0 Å². The van der Waals surface area contributed by atoms with Crippen LogP contribution in [0.25, 0.3) is 0 Å². The highest BCUT2D eigenvalue weighted by atomic mass is 16.3. The Morgan fingerprint density at radius 3 is 2.64 bits per heavy atom. The van der Waals surface area contributed by atoms with Gasteiger partial charge >= 0.3 is 0 Å². The number of likely N-dealkylation sites (tertiary alicyclic amines) is 1. The van der Waals surface area contributed by atoms with Crippen molar-refractivity contribution in [2.75, 3.05) is 20.1 Å². The van der Waals surface area contributed by atoms with Gasteiger partial charge < -0.3 is 14.6 Å². The minimum atomic E-state index is 0.336. The fourth-order valence-electron chi connectivity index (χ4n) is 4.30. The highest BCUT2D eigenvalue weighted by Crippen LogP contribution is 2.44. The third-order valence-electron chi connectivity index (χ3n) is 5.53. The Hall–Kier alpha value is -1.74. The zero-order valence-corrected chi connectivity index (χ0v) is 13.2. The number of fused-ring (bicyclic) bond motifs is 2. The van der Waals surface area contributed by atoms with Crippen molar-refractivity contribution in [2.45, 2.75) is 31.7 Å². The number of benzene rings is 1. The standard InChI is InChI=1S/C19H24N2O/c1-20-10-6-15(7-11-20)18-16-5-3-2-4-14(16)8-12-21-13-9-17(22)19(18)21/h2-5,9,13,15,18,22H,6-8,10-12H2,1H3. The summed E-state index contributed by atoms with van der Waals surface area (Å²) in [4.78, 5) is 2.41. The number of hydrogen-bond acceptors (Lipinski definition) is 2. The number of aromatic nitrogens is 1. The lowest BCUT2D eigenvalue weighted by Gasteiger charge is -2.35. The average molecular weight is 296 g/mol. The topological polar surface area (TPSA) is 28.4 Å². The molecule has 1 aromatic carbocycles. The van der Waals surface area contributed by atoms with Crippen molar-refractivity contribution in [3.05, 3.63) is 53.3 Å². The van der Waals surface area contributed by atoms with Gasteiger partial charge in [0.25, 0.3) is 0 Å². The molecule has 3 heteroatoms. The summed E-state index contributed by atoms with van der Waals surface area (Å²) in [7, 11) is 2.21. The Bertz CT molecular complexity index is 668. The summed E-state index contributed by atoms with van der Waals surface area (Å²) in [5.41, 5.74) is 4.03. The molecule has 1 aromatic heterocycles. The van der Waals surface area contributed by atoms with Crippen LogP contribution in [0.5, 0.6) is 5.75 Å². The van der Waals surface area contributed by atoms with E-state index >= 15 is 0 Å². The molecule has 0 aliphatic carbocycles. The molecule has 0 bridgehead atoms. The van der Waals surface area contributed by atoms with Crippen LogP contribution in [0.2, 0.25) is 0 Å². The first-order valence-electron chi connectivity index (χ1n) is 8.38. The van der Waals surface area contributed by atoms with Gasteiger partial charge in [-0.2, -0.15) is 0 Å². The minimum Gasteiger partial charge on any atom is -0.506 e. The maximum atomic E-state index is 10.5. The van der Waals surface area contributed by atoms with Crippen LogP contribution in [-0.2, 0) is 13.0 Å². The Labute approximate surface area is 132 Å². The maximum Gasteiger partial charge on any atom is 0.137 e. The molecule has 0 amide bonds. The molecular weight excluding hydrogens is 272 g/mol. The van der Waals surface area contributed by atoms with Gasteiger partial charge in [0, 0.05) is 18.7 Å². The predicted octanol–water partition coefficient (Wildman–Crippen LogP) is 3.22. The molecule has 0 spiro atoms. The van der Waals surface area contributed by atoms with Gasteiger partial charge in [0.05, 0.1) is 5.69 Å². The molecule has 116 valence electrons. The minimum absolute atomic E-state index is 0.336. The van der Waals surface area contributed by atoms with Crippen molar-refractivity contribution in [1.82, 2.24) is 9.47 Å². The summed E-state index contributed by atoms with van der Waals surface area (Å²) in [6, 6.07) is 10.7. The summed E-state index contributed by atoms with van der Waals surface area (Å²) in [6.45, 7) is 3.28. The van der Waals surface area contributed by atoms with Crippen LogP contribution in [0.1, 0.15) is 35.6 Å². The van der Waals surface area contributed by atoms with Gasteiger partial charge in [-0.05, 0) is 62.5 Å². The summed E-state index contributed by atoms with van der Waals surface area (Å²) in [5, 5.41) is 10.5. The van der Waals surface area contributed by atoms with E-state index in [-0.39, 0.29) is 0 Å². The lowest BCUT2D eigenvalue weighted by atomic mass is 9.76. The molecule has 1 saturated heterocycles. The first kappa shape index (κ1) is 13.9. The van der Waals surface area contributed by atoms with Gasteiger partial charge in [0.1, 0.15) is 5.75 Å². The molecule has 0 saturated carbocycles. The van der Waals surface area contributed by atoms with E-state index in [1.807, 2.05) is 6.07 Å². The quantitative estimate of drug-likeness (QED) is 0.875. The molecule has 22 heavy (non-hydrogen) atoms. The second-order valence-electron chi connectivity index (χ2n) is 6.85. The molecular formula is C19H24N2O. The maximum absolute atomic E-state index is 10.5. The smallest absolute Gasteiger partial charge is 0.137 e. The van der Waals surface area contributed by atoms with Crippen molar-refractivity contribution in [3.8, 4) is 5.75 Å². The monoisotopic (exact) mass is 296 g/mol. The van der Waals surface area contributed by atoms with Crippen molar-refractivity contribution >= 4 is 0 Å². The summed E-state index contributed by atoms with van der Waals surface area (Å²) >= 11 is 0. The van der Waals surface area contributed by atoms with Gasteiger partial charge in [-0.3, -0.25) is 0 Å². The number of nitrogens with zero attached hydrogens (tertiary/aromatic N) is 2. The third-order valence-corrected chi connectivity index (χ3v) is 5.53. The molecule has 1 atom stereocenters.